The first-order valence-electron chi connectivity index (χ1n) is 5.34. The fourth-order valence-corrected chi connectivity index (χ4v) is 1.87. The number of benzene rings is 1. The van der Waals surface area contributed by atoms with Crippen molar-refractivity contribution in [2.75, 3.05) is 28.3 Å². The third kappa shape index (κ3) is 2.51. The van der Waals surface area contributed by atoms with E-state index in [1.165, 1.54) is 0 Å². The van der Waals surface area contributed by atoms with Gasteiger partial charge in [0.15, 0.2) is 0 Å². The number of hydrogen-bond acceptors (Lipinski definition) is 4. The predicted molar refractivity (Wildman–Crippen MR) is 66.3 cm³/mol. The number of methoxy groups -OCH3 is 2. The molecule has 1 atom stereocenters. The van der Waals surface area contributed by atoms with Gasteiger partial charge in [0, 0.05) is 11.1 Å². The van der Waals surface area contributed by atoms with Crippen molar-refractivity contribution >= 4 is 0 Å². The van der Waals surface area contributed by atoms with E-state index in [9.17, 15) is 5.26 Å². The van der Waals surface area contributed by atoms with Gasteiger partial charge >= 0.3 is 0 Å². The largest absolute Gasteiger partial charge is 0.496 e. The van der Waals surface area contributed by atoms with Crippen molar-refractivity contribution in [1.82, 2.24) is 4.90 Å². The Bertz CT molecular complexity index is 436. The Morgan fingerprint density at radius 1 is 1.24 bits per heavy atom. The lowest BCUT2D eigenvalue weighted by atomic mass is 10.0. The Balaban J connectivity index is 3.35. The van der Waals surface area contributed by atoms with Crippen LogP contribution in [-0.2, 0) is 0 Å². The standard InChI is InChI=1S/C13H18N2O2/c1-9-12(16-4)7-6-10(13(9)17-5)11(8-14)15(2)3/h6-7,11H,1-5H3. The van der Waals surface area contributed by atoms with E-state index in [4.69, 9.17) is 9.47 Å². The summed E-state index contributed by atoms with van der Waals surface area (Å²) in [5.41, 5.74) is 1.77. The Labute approximate surface area is 102 Å². The molecule has 4 nitrogen and oxygen atoms in total. The lowest BCUT2D eigenvalue weighted by molar-refractivity contribution is 0.336. The summed E-state index contributed by atoms with van der Waals surface area (Å²) in [6.45, 7) is 1.92. The maximum absolute atomic E-state index is 9.21. The minimum Gasteiger partial charge on any atom is -0.496 e. The zero-order chi connectivity index (χ0) is 13.0. The van der Waals surface area contributed by atoms with Gasteiger partial charge in [0.2, 0.25) is 0 Å². The molecule has 0 heterocycles. The van der Waals surface area contributed by atoms with Crippen molar-refractivity contribution in [2.24, 2.45) is 0 Å². The average Bonchev–Trinajstić information content (AvgIpc) is 2.30. The molecule has 0 amide bonds. The van der Waals surface area contributed by atoms with Crippen LogP contribution in [0.15, 0.2) is 12.1 Å². The van der Waals surface area contributed by atoms with E-state index in [1.54, 1.807) is 14.2 Å². The predicted octanol–water partition coefficient (Wildman–Crippen LogP) is 2.14. The Morgan fingerprint density at radius 3 is 2.29 bits per heavy atom. The highest BCUT2D eigenvalue weighted by molar-refractivity contribution is 5.51. The fraction of sp³-hybridized carbons (Fsp3) is 0.462. The van der Waals surface area contributed by atoms with Crippen LogP contribution < -0.4 is 9.47 Å². The van der Waals surface area contributed by atoms with Crippen molar-refractivity contribution in [1.29, 1.82) is 5.26 Å². The SMILES string of the molecule is COc1ccc(C(C#N)N(C)C)c(OC)c1C. The molecule has 1 unspecified atom stereocenters. The zero-order valence-electron chi connectivity index (χ0n) is 10.9. The third-order valence-corrected chi connectivity index (χ3v) is 2.74. The molecule has 0 spiro atoms. The van der Waals surface area contributed by atoms with Gasteiger partial charge in [0.05, 0.1) is 20.3 Å². The molecular formula is C13H18N2O2. The lowest BCUT2D eigenvalue weighted by Gasteiger charge is -2.21. The summed E-state index contributed by atoms with van der Waals surface area (Å²) in [5, 5.41) is 9.21. The van der Waals surface area contributed by atoms with Gasteiger partial charge < -0.3 is 9.47 Å². The van der Waals surface area contributed by atoms with E-state index >= 15 is 0 Å². The Morgan fingerprint density at radius 2 is 1.88 bits per heavy atom. The lowest BCUT2D eigenvalue weighted by Crippen LogP contribution is -2.19. The maximum atomic E-state index is 9.21. The molecule has 0 aliphatic rings. The summed E-state index contributed by atoms with van der Waals surface area (Å²) in [6, 6.07) is 5.67. The second-order valence-electron chi connectivity index (χ2n) is 4.01. The van der Waals surface area contributed by atoms with Crippen molar-refractivity contribution in [3.8, 4) is 17.6 Å². The molecule has 0 saturated heterocycles. The van der Waals surface area contributed by atoms with Crippen LogP contribution in [0.1, 0.15) is 17.2 Å². The van der Waals surface area contributed by atoms with Gasteiger partial charge in [-0.1, -0.05) is 0 Å². The molecule has 1 rings (SSSR count). The molecule has 0 aliphatic carbocycles. The number of hydrogen-bond donors (Lipinski definition) is 0. The van der Waals surface area contributed by atoms with Crippen LogP contribution in [0.3, 0.4) is 0 Å². The maximum Gasteiger partial charge on any atom is 0.131 e. The van der Waals surface area contributed by atoms with Crippen LogP contribution in [0.25, 0.3) is 0 Å². The summed E-state index contributed by atoms with van der Waals surface area (Å²) >= 11 is 0. The van der Waals surface area contributed by atoms with Crippen LogP contribution in [0, 0.1) is 18.3 Å². The van der Waals surface area contributed by atoms with Gasteiger partial charge in [0.25, 0.3) is 0 Å². The molecule has 4 heteroatoms. The first-order chi connectivity index (χ1) is 8.06. The van der Waals surface area contributed by atoms with Crippen LogP contribution in [0.2, 0.25) is 0 Å². The summed E-state index contributed by atoms with van der Waals surface area (Å²) in [5.74, 6) is 1.48. The van der Waals surface area contributed by atoms with E-state index < -0.39 is 0 Å². The van der Waals surface area contributed by atoms with Crippen LogP contribution >= 0.6 is 0 Å². The molecule has 0 N–H and O–H groups in total. The zero-order valence-corrected chi connectivity index (χ0v) is 10.9. The summed E-state index contributed by atoms with van der Waals surface area (Å²) in [6.07, 6.45) is 0. The molecule has 1 aromatic rings. The highest BCUT2D eigenvalue weighted by Crippen LogP contribution is 2.35. The quantitative estimate of drug-likeness (QED) is 0.800. The van der Waals surface area contributed by atoms with Gasteiger partial charge in [-0.3, -0.25) is 4.90 Å². The molecule has 0 fully saturated rings. The minimum absolute atomic E-state index is 0.324. The normalized spacial score (nSPS) is 12.1. The van der Waals surface area contributed by atoms with E-state index in [1.807, 2.05) is 38.1 Å². The third-order valence-electron chi connectivity index (χ3n) is 2.74. The number of nitrogens with zero attached hydrogens (tertiary/aromatic N) is 2. The van der Waals surface area contributed by atoms with Gasteiger partial charge in [0.1, 0.15) is 17.5 Å². The number of nitriles is 1. The van der Waals surface area contributed by atoms with E-state index in [0.717, 1.165) is 16.9 Å². The summed E-state index contributed by atoms with van der Waals surface area (Å²) < 4.78 is 10.6. The summed E-state index contributed by atoms with van der Waals surface area (Å²) in [7, 11) is 6.96. The van der Waals surface area contributed by atoms with Gasteiger partial charge in [-0.2, -0.15) is 5.26 Å². The molecule has 0 aromatic heterocycles. The molecule has 0 saturated carbocycles. The number of rotatable bonds is 4. The van der Waals surface area contributed by atoms with Gasteiger partial charge in [-0.15, -0.1) is 0 Å². The summed E-state index contributed by atoms with van der Waals surface area (Å²) in [4.78, 5) is 1.85. The first-order valence-corrected chi connectivity index (χ1v) is 5.34. The van der Waals surface area contributed by atoms with E-state index in [0.29, 0.717) is 5.75 Å². The van der Waals surface area contributed by atoms with Crippen LogP contribution in [0.5, 0.6) is 11.5 Å². The Hall–Kier alpha value is -1.73. The van der Waals surface area contributed by atoms with Crippen LogP contribution in [0.4, 0.5) is 0 Å². The molecule has 0 radical (unpaired) electrons. The molecule has 0 bridgehead atoms. The second-order valence-corrected chi connectivity index (χ2v) is 4.01. The Kier molecular flexibility index (Phi) is 4.36. The van der Waals surface area contributed by atoms with Crippen molar-refractivity contribution < 1.29 is 9.47 Å². The molecule has 17 heavy (non-hydrogen) atoms. The van der Waals surface area contributed by atoms with E-state index in [-0.39, 0.29) is 6.04 Å². The molecule has 1 aromatic carbocycles. The highest BCUT2D eigenvalue weighted by Gasteiger charge is 2.20. The van der Waals surface area contributed by atoms with Crippen LogP contribution in [-0.4, -0.2) is 33.2 Å². The van der Waals surface area contributed by atoms with Crippen molar-refractivity contribution in [3.63, 3.8) is 0 Å². The smallest absolute Gasteiger partial charge is 0.131 e. The first kappa shape index (κ1) is 13.3. The van der Waals surface area contributed by atoms with Crippen molar-refractivity contribution in [2.45, 2.75) is 13.0 Å². The highest BCUT2D eigenvalue weighted by atomic mass is 16.5. The molecular weight excluding hydrogens is 216 g/mol. The fourth-order valence-electron chi connectivity index (χ4n) is 1.87. The second kappa shape index (κ2) is 5.55. The van der Waals surface area contributed by atoms with Gasteiger partial charge in [-0.05, 0) is 33.2 Å². The minimum atomic E-state index is -0.324. The molecule has 92 valence electrons. The van der Waals surface area contributed by atoms with Gasteiger partial charge in [-0.25, -0.2) is 0 Å². The average molecular weight is 234 g/mol. The number of ether oxygens (including phenoxy) is 2. The van der Waals surface area contributed by atoms with Crippen molar-refractivity contribution in [3.05, 3.63) is 23.3 Å². The topological polar surface area (TPSA) is 45.5 Å². The monoisotopic (exact) mass is 234 g/mol. The molecule has 0 aliphatic heterocycles. The van der Waals surface area contributed by atoms with E-state index in [2.05, 4.69) is 6.07 Å².